The van der Waals surface area contributed by atoms with Gasteiger partial charge in [0.15, 0.2) is 5.82 Å². The van der Waals surface area contributed by atoms with Gasteiger partial charge in [0.05, 0.1) is 11.5 Å². The zero-order valence-electron chi connectivity index (χ0n) is 14.9. The van der Waals surface area contributed by atoms with Gasteiger partial charge in [-0.25, -0.2) is 0 Å². The van der Waals surface area contributed by atoms with Gasteiger partial charge in [0.1, 0.15) is 11.9 Å². The van der Waals surface area contributed by atoms with Crippen LogP contribution in [0.3, 0.4) is 0 Å². The number of amides is 1. The normalized spacial score (nSPS) is 24.7. The van der Waals surface area contributed by atoms with E-state index in [1.54, 1.807) is 0 Å². The Balaban J connectivity index is 1.54. The molecule has 4 heterocycles. The number of rotatable bonds is 3. The summed E-state index contributed by atoms with van der Waals surface area (Å²) in [6.45, 7) is 0.786. The molecule has 5 nitrogen and oxygen atoms in total. The molecule has 1 fully saturated rings. The van der Waals surface area contributed by atoms with Crippen LogP contribution in [0.5, 0.6) is 0 Å². The Morgan fingerprint density at radius 2 is 2.04 bits per heavy atom. The van der Waals surface area contributed by atoms with E-state index in [2.05, 4.69) is 51.4 Å². The van der Waals surface area contributed by atoms with Crippen LogP contribution in [0.2, 0.25) is 0 Å². The van der Waals surface area contributed by atoms with Crippen LogP contribution < -0.4 is 0 Å². The van der Waals surface area contributed by atoms with Gasteiger partial charge in [-0.3, -0.25) is 4.79 Å². The number of aromatic nitrogens is 3. The maximum absolute atomic E-state index is 11.9. The molecular formula is C21H20N4OS. The molecule has 3 aromatic rings. The number of hydrogen-bond donors (Lipinski definition) is 0. The largest absolute Gasteiger partial charge is 0.326 e. The first-order valence-corrected chi connectivity index (χ1v) is 10.5. The van der Waals surface area contributed by atoms with Crippen molar-refractivity contribution in [3.63, 3.8) is 0 Å². The van der Waals surface area contributed by atoms with Crippen LogP contribution in [-0.4, -0.2) is 32.1 Å². The van der Waals surface area contributed by atoms with Crippen LogP contribution in [0, 0.1) is 0 Å². The third-order valence-corrected chi connectivity index (χ3v) is 7.77. The van der Waals surface area contributed by atoms with E-state index in [0.717, 1.165) is 43.9 Å². The van der Waals surface area contributed by atoms with Crippen LogP contribution >= 0.6 is 11.3 Å². The maximum atomic E-state index is 11.9. The fraction of sp³-hybridized carbons (Fsp3) is 0.381. The summed E-state index contributed by atoms with van der Waals surface area (Å²) >= 11 is 1.82. The highest BCUT2D eigenvalue weighted by Gasteiger charge is 2.49. The fourth-order valence-electron chi connectivity index (χ4n) is 5.22. The van der Waals surface area contributed by atoms with Gasteiger partial charge in [-0.15, -0.1) is 21.5 Å². The lowest BCUT2D eigenvalue weighted by atomic mass is 9.67. The number of hydrogen-bond acceptors (Lipinski definition) is 4. The smallest absolute Gasteiger partial charge is 0.210 e. The van der Waals surface area contributed by atoms with Crippen LogP contribution in [0.15, 0.2) is 41.8 Å². The molecular weight excluding hydrogens is 356 g/mol. The zero-order valence-corrected chi connectivity index (χ0v) is 15.7. The van der Waals surface area contributed by atoms with E-state index < -0.39 is 0 Å². The quantitative estimate of drug-likeness (QED) is 0.659. The van der Waals surface area contributed by atoms with Crippen molar-refractivity contribution in [3.8, 4) is 0 Å². The van der Waals surface area contributed by atoms with Gasteiger partial charge in [-0.1, -0.05) is 36.8 Å². The van der Waals surface area contributed by atoms with Gasteiger partial charge in [0.25, 0.3) is 0 Å². The molecule has 0 saturated heterocycles. The minimum absolute atomic E-state index is 0.0105. The Bertz CT molecular complexity index is 1020. The Kier molecular flexibility index (Phi) is 3.18. The van der Waals surface area contributed by atoms with Crippen LogP contribution in [-0.2, 0) is 23.2 Å². The van der Waals surface area contributed by atoms with Crippen molar-refractivity contribution in [1.82, 2.24) is 19.7 Å². The number of benzene rings is 1. The van der Waals surface area contributed by atoms with E-state index in [9.17, 15) is 4.79 Å². The zero-order chi connectivity index (χ0) is 18.0. The highest BCUT2D eigenvalue weighted by atomic mass is 32.1. The van der Waals surface area contributed by atoms with E-state index in [0.29, 0.717) is 0 Å². The molecule has 1 aromatic carbocycles. The standard InChI is InChI=1S/C21H20N4OS/c26-13-25-15-11-14-5-1-2-6-16(14)18(25)19-22-23-20(24(19)12-15)21(8-4-9-21)17-7-3-10-27-17/h1-3,5-7,10,13,15,18H,4,8-9,11-12H2. The maximum Gasteiger partial charge on any atom is 0.210 e. The molecule has 2 unspecified atom stereocenters. The van der Waals surface area contributed by atoms with Gasteiger partial charge in [-0.05, 0) is 41.8 Å². The first-order chi connectivity index (χ1) is 13.3. The topological polar surface area (TPSA) is 51.0 Å². The lowest BCUT2D eigenvalue weighted by molar-refractivity contribution is -0.124. The molecule has 6 heteroatoms. The summed E-state index contributed by atoms with van der Waals surface area (Å²) in [4.78, 5) is 15.3. The molecule has 3 aliphatic rings. The van der Waals surface area contributed by atoms with Gasteiger partial charge >= 0.3 is 0 Å². The molecule has 6 rings (SSSR count). The van der Waals surface area contributed by atoms with Gasteiger partial charge < -0.3 is 9.47 Å². The molecule has 1 saturated carbocycles. The Morgan fingerprint density at radius 1 is 1.15 bits per heavy atom. The molecule has 136 valence electrons. The van der Waals surface area contributed by atoms with Crippen molar-refractivity contribution in [1.29, 1.82) is 0 Å². The predicted octanol–water partition coefficient (Wildman–Crippen LogP) is 3.30. The Labute approximate surface area is 161 Å². The minimum atomic E-state index is -0.118. The second kappa shape index (κ2) is 5.52. The summed E-state index contributed by atoms with van der Waals surface area (Å²) in [5, 5.41) is 11.5. The number of carbonyl (C=O) groups excluding carboxylic acids is 1. The predicted molar refractivity (Wildman–Crippen MR) is 103 cm³/mol. The van der Waals surface area contributed by atoms with E-state index in [1.165, 1.54) is 22.4 Å². The monoisotopic (exact) mass is 376 g/mol. The second-order valence-corrected chi connectivity index (χ2v) is 8.86. The highest BCUT2D eigenvalue weighted by Crippen LogP contribution is 2.51. The van der Waals surface area contributed by atoms with Gasteiger partial charge in [-0.2, -0.15) is 0 Å². The average Bonchev–Trinajstić information content (AvgIpc) is 3.31. The summed E-state index contributed by atoms with van der Waals surface area (Å²) in [6, 6.07) is 12.9. The molecule has 2 aliphatic heterocycles. The van der Waals surface area contributed by atoms with Crippen LogP contribution in [0.1, 0.15) is 53.0 Å². The van der Waals surface area contributed by atoms with Gasteiger partial charge in [0.2, 0.25) is 6.41 Å². The van der Waals surface area contributed by atoms with Crippen molar-refractivity contribution < 1.29 is 4.79 Å². The number of thiophene rings is 1. The van der Waals surface area contributed by atoms with E-state index >= 15 is 0 Å². The van der Waals surface area contributed by atoms with Crippen molar-refractivity contribution >= 4 is 17.7 Å². The first kappa shape index (κ1) is 15.6. The van der Waals surface area contributed by atoms with Crippen molar-refractivity contribution in [2.45, 2.75) is 49.7 Å². The molecule has 27 heavy (non-hydrogen) atoms. The minimum Gasteiger partial charge on any atom is -0.326 e. The fourth-order valence-corrected chi connectivity index (χ4v) is 6.20. The molecule has 1 amide bonds. The summed E-state index contributed by atoms with van der Waals surface area (Å²) in [6.07, 6.45) is 5.40. The molecule has 2 atom stereocenters. The molecule has 2 bridgehead atoms. The second-order valence-electron chi connectivity index (χ2n) is 7.92. The third-order valence-electron chi connectivity index (χ3n) is 6.69. The molecule has 0 radical (unpaired) electrons. The van der Waals surface area contributed by atoms with Crippen molar-refractivity contribution in [3.05, 3.63) is 69.4 Å². The lowest BCUT2D eigenvalue weighted by Crippen LogP contribution is -2.51. The van der Waals surface area contributed by atoms with E-state index in [1.807, 2.05) is 16.2 Å². The number of nitrogens with zero attached hydrogens (tertiary/aromatic N) is 4. The van der Waals surface area contributed by atoms with Gasteiger partial charge in [0, 0.05) is 11.4 Å². The summed E-state index contributed by atoms with van der Waals surface area (Å²) in [7, 11) is 0. The molecule has 1 aliphatic carbocycles. The first-order valence-electron chi connectivity index (χ1n) is 9.60. The summed E-state index contributed by atoms with van der Waals surface area (Å²) < 4.78 is 2.34. The third kappa shape index (κ3) is 1.96. The summed E-state index contributed by atoms with van der Waals surface area (Å²) in [5.41, 5.74) is 2.54. The number of fused-ring (bicyclic) bond motifs is 6. The Hall–Kier alpha value is -2.47. The molecule has 0 spiro atoms. The number of carbonyl (C=O) groups is 1. The van der Waals surface area contributed by atoms with Crippen molar-refractivity contribution in [2.75, 3.05) is 0 Å². The Morgan fingerprint density at radius 3 is 2.78 bits per heavy atom. The summed E-state index contributed by atoms with van der Waals surface area (Å²) in [5.74, 6) is 2.02. The SMILES string of the molecule is O=CN1C2Cc3ccccc3C1c1nnc(C3(c4cccs4)CCC3)n1C2. The average molecular weight is 376 g/mol. The van der Waals surface area contributed by atoms with Crippen LogP contribution in [0.25, 0.3) is 0 Å². The lowest BCUT2D eigenvalue weighted by Gasteiger charge is -2.46. The highest BCUT2D eigenvalue weighted by molar-refractivity contribution is 7.10. The molecule has 2 aromatic heterocycles. The molecule has 0 N–H and O–H groups in total. The van der Waals surface area contributed by atoms with Crippen molar-refractivity contribution in [2.24, 2.45) is 0 Å². The van der Waals surface area contributed by atoms with E-state index in [4.69, 9.17) is 5.10 Å². The van der Waals surface area contributed by atoms with E-state index in [-0.39, 0.29) is 17.5 Å². The van der Waals surface area contributed by atoms with Crippen LogP contribution in [0.4, 0.5) is 0 Å².